The minimum Gasteiger partial charge on any atom is -0.380 e. The summed E-state index contributed by atoms with van der Waals surface area (Å²) in [5, 5.41) is 2.93. The number of nitrogens with two attached hydrogens (primary N) is 1. The number of amides is 1. The molecule has 3 unspecified atom stereocenters. The lowest BCUT2D eigenvalue weighted by Crippen LogP contribution is -2.38. The number of hydrogen-bond donors (Lipinski definition) is 2. The number of methoxy groups -OCH3 is 1. The molecule has 2 rings (SSSR count). The van der Waals surface area contributed by atoms with E-state index in [4.69, 9.17) is 10.5 Å². The lowest BCUT2D eigenvalue weighted by Gasteiger charge is -2.35. The standard InChI is InChI=1S/C20H33N3O2/c1-15-8-16(2)13-23(12-15)14-18-6-4-17(5-7-18)11-22-20(24)9-19(10-21)25-3/h4-7,15-16,19H,8-14,21H2,1-3H3,(H,22,24). The first-order valence-electron chi connectivity index (χ1n) is 9.29. The van der Waals surface area contributed by atoms with Crippen LogP contribution in [0, 0.1) is 11.8 Å². The summed E-state index contributed by atoms with van der Waals surface area (Å²) in [7, 11) is 1.58. The number of benzene rings is 1. The van der Waals surface area contributed by atoms with Gasteiger partial charge in [0.1, 0.15) is 0 Å². The van der Waals surface area contributed by atoms with Crippen LogP contribution in [0.2, 0.25) is 0 Å². The molecule has 25 heavy (non-hydrogen) atoms. The molecule has 1 heterocycles. The topological polar surface area (TPSA) is 67.6 Å². The highest BCUT2D eigenvalue weighted by Gasteiger charge is 2.21. The van der Waals surface area contributed by atoms with Gasteiger partial charge in [0.2, 0.25) is 5.91 Å². The molecular formula is C20H33N3O2. The van der Waals surface area contributed by atoms with E-state index < -0.39 is 0 Å². The molecule has 1 amide bonds. The Kier molecular flexibility index (Phi) is 7.88. The molecule has 1 aliphatic heterocycles. The molecule has 0 radical (unpaired) electrons. The summed E-state index contributed by atoms with van der Waals surface area (Å²) < 4.78 is 5.13. The molecule has 5 heteroatoms. The van der Waals surface area contributed by atoms with Crippen LogP contribution in [0.5, 0.6) is 0 Å². The van der Waals surface area contributed by atoms with Gasteiger partial charge in [0.15, 0.2) is 0 Å². The van der Waals surface area contributed by atoms with Crippen LogP contribution in [0.3, 0.4) is 0 Å². The van der Waals surface area contributed by atoms with E-state index >= 15 is 0 Å². The SMILES string of the molecule is COC(CN)CC(=O)NCc1ccc(CN2CC(C)CC(C)C2)cc1. The second-order valence-electron chi connectivity index (χ2n) is 7.53. The second-order valence-corrected chi connectivity index (χ2v) is 7.53. The zero-order chi connectivity index (χ0) is 18.2. The molecule has 1 saturated heterocycles. The fraction of sp³-hybridized carbons (Fsp3) is 0.650. The molecule has 1 aliphatic rings. The smallest absolute Gasteiger partial charge is 0.222 e. The van der Waals surface area contributed by atoms with Gasteiger partial charge in [0.25, 0.3) is 0 Å². The Hall–Kier alpha value is -1.43. The highest BCUT2D eigenvalue weighted by Crippen LogP contribution is 2.22. The summed E-state index contributed by atoms with van der Waals surface area (Å²) in [6.45, 7) is 8.95. The van der Waals surface area contributed by atoms with E-state index in [1.165, 1.54) is 25.1 Å². The number of piperidine rings is 1. The average molecular weight is 348 g/mol. The molecular weight excluding hydrogens is 314 g/mol. The predicted molar refractivity (Wildman–Crippen MR) is 101 cm³/mol. The number of nitrogens with one attached hydrogen (secondary N) is 1. The van der Waals surface area contributed by atoms with Gasteiger partial charge in [-0.05, 0) is 29.4 Å². The van der Waals surface area contributed by atoms with Gasteiger partial charge in [0, 0.05) is 39.8 Å². The normalized spacial score (nSPS) is 22.6. The maximum atomic E-state index is 11.9. The van der Waals surface area contributed by atoms with E-state index in [1.807, 2.05) is 0 Å². The van der Waals surface area contributed by atoms with Gasteiger partial charge in [-0.15, -0.1) is 0 Å². The van der Waals surface area contributed by atoms with Crippen LogP contribution < -0.4 is 11.1 Å². The van der Waals surface area contributed by atoms with Crippen LogP contribution in [0.4, 0.5) is 0 Å². The molecule has 0 bridgehead atoms. The summed E-state index contributed by atoms with van der Waals surface area (Å²) in [4.78, 5) is 14.4. The van der Waals surface area contributed by atoms with Crippen LogP contribution in [0.1, 0.15) is 37.8 Å². The zero-order valence-electron chi connectivity index (χ0n) is 15.8. The first-order chi connectivity index (χ1) is 12.0. The van der Waals surface area contributed by atoms with Gasteiger partial charge in [-0.25, -0.2) is 0 Å². The van der Waals surface area contributed by atoms with Crippen molar-refractivity contribution in [3.05, 3.63) is 35.4 Å². The second kappa shape index (κ2) is 9.90. The number of carbonyl (C=O) groups excluding carboxylic acids is 1. The molecule has 1 aromatic rings. The minimum absolute atomic E-state index is 0.0299. The average Bonchev–Trinajstić information content (AvgIpc) is 2.58. The van der Waals surface area contributed by atoms with Crippen LogP contribution in [0.25, 0.3) is 0 Å². The van der Waals surface area contributed by atoms with Gasteiger partial charge < -0.3 is 15.8 Å². The Bertz CT molecular complexity index is 518. The first kappa shape index (κ1) is 19.9. The van der Waals surface area contributed by atoms with Crippen molar-refractivity contribution in [2.45, 2.75) is 45.9 Å². The number of nitrogens with zero attached hydrogens (tertiary/aromatic N) is 1. The molecule has 140 valence electrons. The van der Waals surface area contributed by atoms with Crippen LogP contribution in [0.15, 0.2) is 24.3 Å². The summed E-state index contributed by atoms with van der Waals surface area (Å²) >= 11 is 0. The van der Waals surface area contributed by atoms with E-state index in [2.05, 4.69) is 48.3 Å². The zero-order valence-corrected chi connectivity index (χ0v) is 15.8. The fourth-order valence-electron chi connectivity index (χ4n) is 3.68. The number of ether oxygens (including phenoxy) is 1. The minimum atomic E-state index is -0.211. The summed E-state index contributed by atoms with van der Waals surface area (Å²) in [5.41, 5.74) is 7.98. The third kappa shape index (κ3) is 6.77. The Morgan fingerprint density at radius 1 is 1.24 bits per heavy atom. The van der Waals surface area contributed by atoms with Crippen molar-refractivity contribution in [1.29, 1.82) is 0 Å². The van der Waals surface area contributed by atoms with Crippen molar-refractivity contribution in [2.24, 2.45) is 17.6 Å². The summed E-state index contributed by atoms with van der Waals surface area (Å²) in [6, 6.07) is 8.54. The van der Waals surface area contributed by atoms with E-state index in [0.717, 1.165) is 23.9 Å². The van der Waals surface area contributed by atoms with Crippen molar-refractivity contribution in [1.82, 2.24) is 10.2 Å². The maximum absolute atomic E-state index is 11.9. The van der Waals surface area contributed by atoms with Crippen LogP contribution in [-0.2, 0) is 22.6 Å². The van der Waals surface area contributed by atoms with Crippen molar-refractivity contribution in [3.8, 4) is 0 Å². The summed E-state index contributed by atoms with van der Waals surface area (Å²) in [6.07, 6.45) is 1.43. The predicted octanol–water partition coefficient (Wildman–Crippen LogP) is 2.14. The van der Waals surface area contributed by atoms with E-state index in [-0.39, 0.29) is 12.0 Å². The van der Waals surface area contributed by atoms with Crippen molar-refractivity contribution < 1.29 is 9.53 Å². The van der Waals surface area contributed by atoms with Gasteiger partial charge in [-0.1, -0.05) is 38.1 Å². The van der Waals surface area contributed by atoms with Crippen LogP contribution in [-0.4, -0.2) is 43.7 Å². The molecule has 0 spiro atoms. The third-order valence-corrected chi connectivity index (χ3v) is 4.87. The molecule has 0 aliphatic carbocycles. The fourth-order valence-corrected chi connectivity index (χ4v) is 3.68. The number of likely N-dealkylation sites (tertiary alicyclic amines) is 1. The number of hydrogen-bond acceptors (Lipinski definition) is 4. The summed E-state index contributed by atoms with van der Waals surface area (Å²) in [5.74, 6) is 1.53. The Labute approximate surface area is 151 Å². The highest BCUT2D eigenvalue weighted by atomic mass is 16.5. The van der Waals surface area contributed by atoms with Gasteiger partial charge in [-0.2, -0.15) is 0 Å². The lowest BCUT2D eigenvalue weighted by molar-refractivity contribution is -0.123. The molecule has 0 saturated carbocycles. The number of rotatable bonds is 8. The van der Waals surface area contributed by atoms with Crippen LogP contribution >= 0.6 is 0 Å². The van der Waals surface area contributed by atoms with E-state index in [1.54, 1.807) is 7.11 Å². The monoisotopic (exact) mass is 347 g/mol. The van der Waals surface area contributed by atoms with Crippen molar-refractivity contribution in [2.75, 3.05) is 26.7 Å². The lowest BCUT2D eigenvalue weighted by atomic mass is 9.91. The van der Waals surface area contributed by atoms with Crippen molar-refractivity contribution in [3.63, 3.8) is 0 Å². The Balaban J connectivity index is 1.78. The quantitative estimate of drug-likeness (QED) is 0.756. The molecule has 1 fully saturated rings. The molecule has 1 aromatic carbocycles. The Morgan fingerprint density at radius 2 is 1.84 bits per heavy atom. The highest BCUT2D eigenvalue weighted by molar-refractivity contribution is 5.76. The molecule has 5 nitrogen and oxygen atoms in total. The largest absolute Gasteiger partial charge is 0.380 e. The van der Waals surface area contributed by atoms with E-state index in [9.17, 15) is 4.79 Å². The number of carbonyl (C=O) groups is 1. The molecule has 3 atom stereocenters. The van der Waals surface area contributed by atoms with Gasteiger partial charge in [0.05, 0.1) is 12.5 Å². The first-order valence-corrected chi connectivity index (χ1v) is 9.29. The molecule has 3 N–H and O–H groups in total. The molecule has 0 aromatic heterocycles. The van der Waals surface area contributed by atoms with Gasteiger partial charge in [-0.3, -0.25) is 9.69 Å². The maximum Gasteiger partial charge on any atom is 0.222 e. The third-order valence-electron chi connectivity index (χ3n) is 4.87. The van der Waals surface area contributed by atoms with Gasteiger partial charge >= 0.3 is 0 Å². The van der Waals surface area contributed by atoms with E-state index in [0.29, 0.717) is 19.5 Å². The van der Waals surface area contributed by atoms with Crippen molar-refractivity contribution >= 4 is 5.91 Å². The Morgan fingerprint density at radius 3 is 2.40 bits per heavy atom.